The molecule has 0 atom stereocenters. The molecular formula is C7H11N5OS. The Morgan fingerprint density at radius 1 is 1.71 bits per heavy atom. The molecule has 0 saturated heterocycles. The van der Waals surface area contributed by atoms with Crippen molar-refractivity contribution in [2.45, 2.75) is 6.92 Å². The van der Waals surface area contributed by atoms with Gasteiger partial charge in [-0.05, 0) is 6.92 Å². The van der Waals surface area contributed by atoms with Crippen LogP contribution in [0.15, 0.2) is 10.4 Å². The highest BCUT2D eigenvalue weighted by atomic mass is 32.1. The molecule has 1 amide bonds. The van der Waals surface area contributed by atoms with E-state index in [1.165, 1.54) is 11.3 Å². The lowest BCUT2D eigenvalue weighted by atomic mass is 10.4. The predicted octanol–water partition coefficient (Wildman–Crippen LogP) is -0.202. The van der Waals surface area contributed by atoms with Gasteiger partial charge in [0.1, 0.15) is 5.69 Å². The van der Waals surface area contributed by atoms with Crippen LogP contribution in [0.1, 0.15) is 17.4 Å². The highest BCUT2D eigenvalue weighted by Gasteiger charge is 2.08. The van der Waals surface area contributed by atoms with Gasteiger partial charge in [-0.2, -0.15) is 4.99 Å². The number of carbonyl (C=O) groups is 1. The van der Waals surface area contributed by atoms with Gasteiger partial charge >= 0.3 is 0 Å². The van der Waals surface area contributed by atoms with Gasteiger partial charge in [0, 0.05) is 11.9 Å². The Balaban J connectivity index is 2.78. The first-order chi connectivity index (χ1) is 6.63. The zero-order valence-corrected chi connectivity index (χ0v) is 8.47. The number of thiazole rings is 1. The standard InChI is InChI=1S/C7H11N5OS/c1-2-10-5(13)4-3-14-7(11-4)12-6(8)9/h3H,2H2,1H3,(H,10,13)(H4,8,9,11,12). The molecule has 0 aliphatic rings. The Bertz CT molecular complexity index is 355. The van der Waals surface area contributed by atoms with E-state index in [0.29, 0.717) is 17.4 Å². The number of aromatic nitrogens is 1. The van der Waals surface area contributed by atoms with Gasteiger partial charge < -0.3 is 16.8 Å². The maximum Gasteiger partial charge on any atom is 0.270 e. The van der Waals surface area contributed by atoms with Gasteiger partial charge in [-0.15, -0.1) is 11.3 Å². The summed E-state index contributed by atoms with van der Waals surface area (Å²) in [6, 6.07) is 0. The first-order valence-corrected chi connectivity index (χ1v) is 4.84. The van der Waals surface area contributed by atoms with Gasteiger partial charge in [0.2, 0.25) is 5.13 Å². The first kappa shape index (κ1) is 10.5. The third-order valence-corrected chi connectivity index (χ3v) is 2.02. The van der Waals surface area contributed by atoms with E-state index in [2.05, 4.69) is 15.3 Å². The number of carbonyl (C=O) groups excluding carboxylic acids is 1. The molecule has 0 fully saturated rings. The zero-order chi connectivity index (χ0) is 10.6. The summed E-state index contributed by atoms with van der Waals surface area (Å²) in [5.41, 5.74) is 10.7. The molecule has 14 heavy (non-hydrogen) atoms. The molecule has 6 nitrogen and oxygen atoms in total. The summed E-state index contributed by atoms with van der Waals surface area (Å²) >= 11 is 1.21. The summed E-state index contributed by atoms with van der Waals surface area (Å²) < 4.78 is 0. The average Bonchev–Trinajstić information content (AvgIpc) is 2.52. The van der Waals surface area contributed by atoms with Crippen molar-refractivity contribution in [3.63, 3.8) is 0 Å². The molecule has 1 heterocycles. The highest BCUT2D eigenvalue weighted by molar-refractivity contribution is 7.13. The van der Waals surface area contributed by atoms with Crippen molar-refractivity contribution in [1.82, 2.24) is 10.3 Å². The van der Waals surface area contributed by atoms with E-state index in [1.54, 1.807) is 5.38 Å². The fourth-order valence-corrected chi connectivity index (χ4v) is 1.47. The van der Waals surface area contributed by atoms with E-state index < -0.39 is 0 Å². The smallest absolute Gasteiger partial charge is 0.270 e. The Kier molecular flexibility index (Phi) is 3.41. The monoisotopic (exact) mass is 213 g/mol. The van der Waals surface area contributed by atoms with Crippen LogP contribution < -0.4 is 16.8 Å². The quantitative estimate of drug-likeness (QED) is 0.477. The van der Waals surface area contributed by atoms with Gasteiger partial charge in [0.25, 0.3) is 5.91 Å². The molecule has 0 saturated carbocycles. The van der Waals surface area contributed by atoms with Crippen LogP contribution in [0.5, 0.6) is 0 Å². The van der Waals surface area contributed by atoms with Crippen molar-refractivity contribution in [2.24, 2.45) is 16.5 Å². The largest absolute Gasteiger partial charge is 0.370 e. The topological polar surface area (TPSA) is 106 Å². The third kappa shape index (κ3) is 2.70. The van der Waals surface area contributed by atoms with Crippen LogP contribution in [0.3, 0.4) is 0 Å². The van der Waals surface area contributed by atoms with Crippen LogP contribution in [0.4, 0.5) is 5.13 Å². The van der Waals surface area contributed by atoms with Crippen LogP contribution in [-0.2, 0) is 0 Å². The van der Waals surface area contributed by atoms with Gasteiger partial charge in [-0.25, -0.2) is 4.98 Å². The lowest BCUT2D eigenvalue weighted by molar-refractivity contribution is 0.0951. The zero-order valence-electron chi connectivity index (χ0n) is 7.65. The normalized spacial score (nSPS) is 9.50. The summed E-state index contributed by atoms with van der Waals surface area (Å²) in [5, 5.41) is 4.61. The Hall–Kier alpha value is -1.63. The van der Waals surface area contributed by atoms with Crippen molar-refractivity contribution in [3.8, 4) is 0 Å². The van der Waals surface area contributed by atoms with E-state index in [9.17, 15) is 4.79 Å². The predicted molar refractivity (Wildman–Crippen MR) is 55.6 cm³/mol. The van der Waals surface area contributed by atoms with Crippen molar-refractivity contribution >= 4 is 28.3 Å². The fourth-order valence-electron chi connectivity index (χ4n) is 0.781. The van der Waals surface area contributed by atoms with E-state index >= 15 is 0 Å². The molecule has 0 bridgehead atoms. The Morgan fingerprint density at radius 3 is 3.00 bits per heavy atom. The average molecular weight is 213 g/mol. The number of aliphatic imine (C=N–C) groups is 1. The molecule has 1 aromatic heterocycles. The molecule has 0 unspecified atom stereocenters. The lowest BCUT2D eigenvalue weighted by Gasteiger charge is -1.95. The molecule has 0 spiro atoms. The van der Waals surface area contributed by atoms with E-state index in [1.807, 2.05) is 6.92 Å². The van der Waals surface area contributed by atoms with Crippen LogP contribution in [0.2, 0.25) is 0 Å². The van der Waals surface area contributed by atoms with Crippen LogP contribution in [0, 0.1) is 0 Å². The second kappa shape index (κ2) is 4.56. The number of hydrogen-bond donors (Lipinski definition) is 3. The summed E-state index contributed by atoms with van der Waals surface area (Å²) in [4.78, 5) is 18.9. The van der Waals surface area contributed by atoms with Crippen LogP contribution in [0.25, 0.3) is 0 Å². The third-order valence-electron chi connectivity index (χ3n) is 1.29. The minimum absolute atomic E-state index is 0.0678. The van der Waals surface area contributed by atoms with E-state index in [-0.39, 0.29) is 11.9 Å². The number of hydrogen-bond acceptors (Lipinski definition) is 4. The second-order valence-electron chi connectivity index (χ2n) is 2.41. The van der Waals surface area contributed by atoms with Gasteiger partial charge in [-0.3, -0.25) is 4.79 Å². The molecule has 76 valence electrons. The number of guanidine groups is 1. The fraction of sp³-hybridized carbons (Fsp3) is 0.286. The van der Waals surface area contributed by atoms with E-state index in [0.717, 1.165) is 0 Å². The van der Waals surface area contributed by atoms with Gasteiger partial charge in [0.15, 0.2) is 5.96 Å². The van der Waals surface area contributed by atoms with Crippen LogP contribution in [-0.4, -0.2) is 23.4 Å². The molecule has 0 aliphatic carbocycles. The summed E-state index contributed by atoms with van der Waals surface area (Å²) in [5.74, 6) is -0.289. The molecule has 1 rings (SSSR count). The van der Waals surface area contributed by atoms with Crippen molar-refractivity contribution in [1.29, 1.82) is 0 Å². The SMILES string of the molecule is CCNC(=O)c1csc(N=C(N)N)n1. The molecule has 7 heteroatoms. The molecule has 0 aliphatic heterocycles. The van der Waals surface area contributed by atoms with Gasteiger partial charge in [0.05, 0.1) is 0 Å². The summed E-state index contributed by atoms with van der Waals surface area (Å²) in [6.45, 7) is 2.40. The van der Waals surface area contributed by atoms with Crippen molar-refractivity contribution in [2.75, 3.05) is 6.54 Å². The minimum atomic E-state index is -0.221. The van der Waals surface area contributed by atoms with E-state index in [4.69, 9.17) is 11.5 Å². The number of nitrogens with zero attached hydrogens (tertiary/aromatic N) is 2. The van der Waals surface area contributed by atoms with Crippen LogP contribution >= 0.6 is 11.3 Å². The lowest BCUT2D eigenvalue weighted by Crippen LogP contribution is -2.23. The number of nitrogens with one attached hydrogen (secondary N) is 1. The maximum atomic E-state index is 11.3. The molecule has 5 N–H and O–H groups in total. The first-order valence-electron chi connectivity index (χ1n) is 3.97. The number of rotatable bonds is 3. The molecule has 0 aromatic carbocycles. The van der Waals surface area contributed by atoms with Gasteiger partial charge in [-0.1, -0.05) is 0 Å². The maximum absolute atomic E-state index is 11.3. The number of nitrogens with two attached hydrogens (primary N) is 2. The summed E-state index contributed by atoms with van der Waals surface area (Å²) in [7, 11) is 0. The highest BCUT2D eigenvalue weighted by Crippen LogP contribution is 2.17. The molecule has 1 aromatic rings. The number of amides is 1. The Morgan fingerprint density at radius 2 is 2.43 bits per heavy atom. The molecule has 0 radical (unpaired) electrons. The van der Waals surface area contributed by atoms with Crippen molar-refractivity contribution in [3.05, 3.63) is 11.1 Å². The minimum Gasteiger partial charge on any atom is -0.370 e. The Labute approximate surface area is 85.0 Å². The van der Waals surface area contributed by atoms with Crippen molar-refractivity contribution < 1.29 is 4.79 Å². The summed E-state index contributed by atoms with van der Waals surface area (Å²) in [6.07, 6.45) is 0. The second-order valence-corrected chi connectivity index (χ2v) is 3.25. The molecular weight excluding hydrogens is 202 g/mol.